The molecule has 5 rings (SSSR count). The predicted octanol–water partition coefficient (Wildman–Crippen LogP) is 3.86. The molecule has 0 N–H and O–H groups in total. The van der Waals surface area contributed by atoms with Crippen molar-refractivity contribution >= 4 is 23.2 Å². The van der Waals surface area contributed by atoms with Crippen LogP contribution in [-0.4, -0.2) is 47.8 Å². The summed E-state index contributed by atoms with van der Waals surface area (Å²) in [6.07, 6.45) is 4.68. The van der Waals surface area contributed by atoms with Crippen LogP contribution in [0, 0.1) is 11.8 Å². The van der Waals surface area contributed by atoms with Crippen LogP contribution in [0.3, 0.4) is 0 Å². The lowest BCUT2D eigenvalue weighted by Crippen LogP contribution is -2.39. The molecule has 3 aliphatic rings. The van der Waals surface area contributed by atoms with Crippen molar-refractivity contribution in [2.45, 2.75) is 33.1 Å². The van der Waals surface area contributed by atoms with E-state index in [0.29, 0.717) is 30.4 Å². The van der Waals surface area contributed by atoms with Gasteiger partial charge >= 0.3 is 0 Å². The van der Waals surface area contributed by atoms with Gasteiger partial charge in [0.2, 0.25) is 0 Å². The summed E-state index contributed by atoms with van der Waals surface area (Å²) in [5, 5.41) is 0. The number of carbonyl (C=O) groups excluding carboxylic acids is 2. The van der Waals surface area contributed by atoms with Gasteiger partial charge in [-0.1, -0.05) is 13.8 Å². The van der Waals surface area contributed by atoms with Gasteiger partial charge in [-0.3, -0.25) is 9.59 Å². The highest BCUT2D eigenvalue weighted by molar-refractivity contribution is 6.02. The first kappa shape index (κ1) is 19.1. The van der Waals surface area contributed by atoms with E-state index in [2.05, 4.69) is 22.9 Å². The van der Waals surface area contributed by atoms with E-state index in [1.807, 2.05) is 30.0 Å². The molecule has 1 aromatic carbocycles. The van der Waals surface area contributed by atoms with Crippen LogP contribution in [0.2, 0.25) is 0 Å². The Hall–Kier alpha value is -2.89. The molecule has 2 aliphatic heterocycles. The molecule has 0 saturated carbocycles. The third kappa shape index (κ3) is 3.24. The number of pyridine rings is 1. The van der Waals surface area contributed by atoms with E-state index in [1.54, 1.807) is 6.20 Å². The lowest BCUT2D eigenvalue weighted by Gasteiger charge is -2.32. The van der Waals surface area contributed by atoms with Crippen LogP contribution in [-0.2, 0) is 6.42 Å². The van der Waals surface area contributed by atoms with Gasteiger partial charge in [-0.2, -0.15) is 0 Å². The van der Waals surface area contributed by atoms with E-state index >= 15 is 0 Å². The molecule has 1 aromatic heterocycles. The maximum atomic E-state index is 13.0. The number of nitrogens with zero attached hydrogens (tertiary/aromatic N) is 3. The van der Waals surface area contributed by atoms with Gasteiger partial charge in [0.1, 0.15) is 6.61 Å². The first-order chi connectivity index (χ1) is 14.5. The number of ketones is 1. The van der Waals surface area contributed by atoms with Crippen LogP contribution in [0.5, 0.6) is 5.75 Å². The number of carbonyl (C=O) groups is 2. The number of anilines is 2. The van der Waals surface area contributed by atoms with Gasteiger partial charge in [-0.25, -0.2) is 4.98 Å². The van der Waals surface area contributed by atoms with E-state index < -0.39 is 0 Å². The SMILES string of the molecule is CC1Cc2cc(N3CCOc4cc(C(=O)N5CCC[C@@H](C)C5)cnc43)ccc2C1=O. The van der Waals surface area contributed by atoms with Crippen molar-refractivity contribution in [2.75, 3.05) is 31.1 Å². The Kier molecular flexibility index (Phi) is 4.72. The monoisotopic (exact) mass is 405 g/mol. The van der Waals surface area contributed by atoms with Crippen LogP contribution in [0.25, 0.3) is 0 Å². The molecule has 6 heteroatoms. The highest BCUT2D eigenvalue weighted by Gasteiger charge is 2.30. The molecular weight excluding hydrogens is 378 g/mol. The van der Waals surface area contributed by atoms with E-state index in [9.17, 15) is 9.59 Å². The molecule has 1 saturated heterocycles. The zero-order valence-electron chi connectivity index (χ0n) is 17.6. The number of benzene rings is 1. The summed E-state index contributed by atoms with van der Waals surface area (Å²) in [5.74, 6) is 2.21. The quantitative estimate of drug-likeness (QED) is 0.759. The molecule has 156 valence electrons. The van der Waals surface area contributed by atoms with Crippen molar-refractivity contribution in [1.82, 2.24) is 9.88 Å². The minimum Gasteiger partial charge on any atom is -0.488 e. The topological polar surface area (TPSA) is 62.7 Å². The number of Topliss-reactive ketones (excluding diaryl/α,β-unsaturated/α-hetero) is 1. The molecule has 1 unspecified atom stereocenters. The fourth-order valence-corrected chi connectivity index (χ4v) is 4.87. The number of amides is 1. The van der Waals surface area contributed by atoms with E-state index in [-0.39, 0.29) is 17.6 Å². The lowest BCUT2D eigenvalue weighted by atomic mass is 10.00. The van der Waals surface area contributed by atoms with E-state index in [4.69, 9.17) is 4.74 Å². The third-order valence-corrected chi connectivity index (χ3v) is 6.49. The molecule has 30 heavy (non-hydrogen) atoms. The van der Waals surface area contributed by atoms with Crippen molar-refractivity contribution in [3.05, 3.63) is 47.2 Å². The normalized spacial score (nSPS) is 23.1. The zero-order valence-corrected chi connectivity index (χ0v) is 17.6. The van der Waals surface area contributed by atoms with Gasteiger partial charge in [0.05, 0.1) is 12.1 Å². The fourth-order valence-electron chi connectivity index (χ4n) is 4.87. The van der Waals surface area contributed by atoms with Crippen molar-refractivity contribution in [3.8, 4) is 5.75 Å². The number of hydrogen-bond donors (Lipinski definition) is 0. The summed E-state index contributed by atoms with van der Waals surface area (Å²) < 4.78 is 5.87. The Morgan fingerprint density at radius 3 is 2.90 bits per heavy atom. The predicted molar refractivity (Wildman–Crippen MR) is 115 cm³/mol. The molecule has 3 heterocycles. The number of aromatic nitrogens is 1. The van der Waals surface area contributed by atoms with Crippen LogP contribution < -0.4 is 9.64 Å². The highest BCUT2D eigenvalue weighted by atomic mass is 16.5. The first-order valence-electron chi connectivity index (χ1n) is 10.9. The number of piperidine rings is 1. The fraction of sp³-hybridized carbons (Fsp3) is 0.458. The zero-order chi connectivity index (χ0) is 20.8. The Bertz CT molecular complexity index is 1020. The maximum absolute atomic E-state index is 13.0. The average Bonchev–Trinajstić information content (AvgIpc) is 3.05. The number of fused-ring (bicyclic) bond motifs is 2. The van der Waals surface area contributed by atoms with Gasteiger partial charge in [-0.15, -0.1) is 0 Å². The lowest BCUT2D eigenvalue weighted by molar-refractivity contribution is 0.0682. The molecule has 0 radical (unpaired) electrons. The molecule has 1 fully saturated rings. The standard InChI is InChI=1S/C24H27N3O3/c1-15-4-3-7-26(14-15)24(29)18-12-21-23(25-13-18)27(8-9-30-21)19-5-6-20-17(11-19)10-16(2)22(20)28/h5-6,11-13,15-16H,3-4,7-10,14H2,1-2H3/t15-,16?/m1/s1. The van der Waals surface area contributed by atoms with Gasteiger partial charge < -0.3 is 14.5 Å². The first-order valence-corrected chi connectivity index (χ1v) is 10.9. The maximum Gasteiger partial charge on any atom is 0.255 e. The Morgan fingerprint density at radius 2 is 2.07 bits per heavy atom. The van der Waals surface area contributed by atoms with Crippen molar-refractivity contribution in [2.24, 2.45) is 11.8 Å². The smallest absolute Gasteiger partial charge is 0.255 e. The Balaban J connectivity index is 1.42. The van der Waals surface area contributed by atoms with Crippen LogP contribution in [0.4, 0.5) is 11.5 Å². The second-order valence-corrected chi connectivity index (χ2v) is 8.86. The Labute approximate surface area is 176 Å². The van der Waals surface area contributed by atoms with Gasteiger partial charge in [0, 0.05) is 36.5 Å². The second kappa shape index (κ2) is 7.42. The largest absolute Gasteiger partial charge is 0.488 e. The van der Waals surface area contributed by atoms with E-state index in [0.717, 1.165) is 48.6 Å². The Morgan fingerprint density at radius 1 is 1.20 bits per heavy atom. The molecule has 2 atom stereocenters. The molecular formula is C24H27N3O3. The van der Waals surface area contributed by atoms with Crippen LogP contribution in [0.15, 0.2) is 30.5 Å². The summed E-state index contributed by atoms with van der Waals surface area (Å²) in [4.78, 5) is 33.9. The number of hydrogen-bond acceptors (Lipinski definition) is 5. The van der Waals surface area contributed by atoms with Crippen LogP contribution >= 0.6 is 0 Å². The second-order valence-electron chi connectivity index (χ2n) is 8.86. The number of rotatable bonds is 2. The van der Waals surface area contributed by atoms with Gasteiger partial charge in [0.25, 0.3) is 5.91 Å². The molecule has 2 aromatic rings. The summed E-state index contributed by atoms with van der Waals surface area (Å²) in [5.41, 5.74) is 3.53. The summed E-state index contributed by atoms with van der Waals surface area (Å²) in [7, 11) is 0. The molecule has 1 aliphatic carbocycles. The van der Waals surface area contributed by atoms with Gasteiger partial charge in [-0.05, 0) is 55.0 Å². The van der Waals surface area contributed by atoms with Crippen molar-refractivity contribution in [3.63, 3.8) is 0 Å². The minimum absolute atomic E-state index is 0.0302. The summed E-state index contributed by atoms with van der Waals surface area (Å²) in [6.45, 7) is 6.99. The van der Waals surface area contributed by atoms with Crippen LogP contribution in [0.1, 0.15) is 53.0 Å². The molecule has 6 nitrogen and oxygen atoms in total. The highest BCUT2D eigenvalue weighted by Crippen LogP contribution is 2.38. The average molecular weight is 405 g/mol. The minimum atomic E-state index is 0.0302. The molecule has 1 amide bonds. The number of ether oxygens (including phenoxy) is 1. The van der Waals surface area contributed by atoms with Crippen molar-refractivity contribution in [1.29, 1.82) is 0 Å². The van der Waals surface area contributed by atoms with Crippen molar-refractivity contribution < 1.29 is 14.3 Å². The summed E-state index contributed by atoms with van der Waals surface area (Å²) >= 11 is 0. The van der Waals surface area contributed by atoms with Gasteiger partial charge in [0.15, 0.2) is 17.4 Å². The van der Waals surface area contributed by atoms with E-state index in [1.165, 1.54) is 6.42 Å². The summed E-state index contributed by atoms with van der Waals surface area (Å²) in [6, 6.07) is 7.84. The molecule has 0 bridgehead atoms. The number of likely N-dealkylation sites (tertiary alicyclic amines) is 1. The molecule has 0 spiro atoms. The third-order valence-electron chi connectivity index (χ3n) is 6.49.